The minimum absolute atomic E-state index is 0.311. The fourth-order valence-corrected chi connectivity index (χ4v) is 7.31. The Morgan fingerprint density at radius 1 is 0.833 bits per heavy atom. The lowest BCUT2D eigenvalue weighted by molar-refractivity contribution is 0.236. The lowest BCUT2D eigenvalue weighted by Crippen LogP contribution is -2.39. The molecule has 7 rings (SSSR count). The number of amides is 2. The molecule has 0 saturated heterocycles. The number of fused-ring (bicyclic) bond motifs is 1. The molecule has 11 heteroatoms. The molecular formula is C43H41Cl2N7OS. The number of nitrogens with two attached hydrogens (primary N) is 1. The molecule has 0 aliphatic heterocycles. The van der Waals surface area contributed by atoms with Gasteiger partial charge in [0.2, 0.25) is 0 Å². The van der Waals surface area contributed by atoms with Gasteiger partial charge in [-0.2, -0.15) is 16.9 Å². The number of urea groups is 1. The maximum absolute atomic E-state index is 13.1. The van der Waals surface area contributed by atoms with Gasteiger partial charge in [-0.25, -0.2) is 9.78 Å². The number of carbonyl (C=O) groups is 1. The van der Waals surface area contributed by atoms with Crippen LogP contribution in [-0.4, -0.2) is 26.2 Å². The van der Waals surface area contributed by atoms with Crippen LogP contribution in [0, 0.1) is 0 Å². The van der Waals surface area contributed by atoms with Gasteiger partial charge in [-0.05, 0) is 64.9 Å². The zero-order valence-electron chi connectivity index (χ0n) is 29.6. The number of hydrogen-bond donors (Lipinski definition) is 5. The molecule has 0 fully saturated rings. The molecule has 0 radical (unpaired) electrons. The third kappa shape index (κ3) is 10.6. The summed E-state index contributed by atoms with van der Waals surface area (Å²) in [5.74, 6) is 3.15. The standard InChI is InChI=1S/C29H27Cl2N7O.C14H14S/c1-2-6-18-9-11-21(30)14-20(18)16-33-29(39)34-24(13-17-7-4-3-5-8-17)28-35-25(26(31)36-28)19-10-12-22-23(15-19)37-38-27(22)32;1-3-7-13(8-4-1)11-15-12-14-9-5-2-6-10-14/h2-5,7-12,14-15,24H,1,6,13,16H2,(H,35,36)(H3,32,37,38)(H2,33,34,39);1-10H,11-12H2/t24-;/m0./s1. The molecule has 54 heavy (non-hydrogen) atoms. The van der Waals surface area contributed by atoms with Gasteiger partial charge >= 0.3 is 6.03 Å². The molecule has 0 aliphatic rings. The highest BCUT2D eigenvalue weighted by atomic mass is 35.5. The van der Waals surface area contributed by atoms with Gasteiger partial charge in [0.15, 0.2) is 5.82 Å². The number of rotatable bonds is 13. The van der Waals surface area contributed by atoms with E-state index in [1.54, 1.807) is 0 Å². The largest absolute Gasteiger partial charge is 0.382 e. The van der Waals surface area contributed by atoms with E-state index in [-0.39, 0.29) is 6.03 Å². The van der Waals surface area contributed by atoms with E-state index in [0.717, 1.165) is 44.7 Å². The minimum atomic E-state index is -0.475. The molecule has 6 N–H and O–H groups in total. The number of anilines is 1. The van der Waals surface area contributed by atoms with E-state index >= 15 is 0 Å². The van der Waals surface area contributed by atoms with Crippen LogP contribution in [0.1, 0.15) is 39.7 Å². The molecule has 274 valence electrons. The average molecular weight is 775 g/mol. The van der Waals surface area contributed by atoms with E-state index in [0.29, 0.717) is 46.9 Å². The van der Waals surface area contributed by atoms with Gasteiger partial charge in [-0.15, -0.1) is 6.58 Å². The number of nitrogen functional groups attached to an aromatic ring is 1. The molecular weight excluding hydrogens is 733 g/mol. The molecule has 7 aromatic rings. The molecule has 2 aromatic heterocycles. The second-order valence-electron chi connectivity index (χ2n) is 12.6. The number of nitrogens with zero attached hydrogens (tertiary/aromatic N) is 2. The number of allylic oxidation sites excluding steroid dienone is 1. The topological polar surface area (TPSA) is 125 Å². The highest BCUT2D eigenvalue weighted by Gasteiger charge is 2.22. The predicted octanol–water partition coefficient (Wildman–Crippen LogP) is 10.5. The summed E-state index contributed by atoms with van der Waals surface area (Å²) < 4.78 is 0. The van der Waals surface area contributed by atoms with Crippen LogP contribution in [0.5, 0.6) is 0 Å². The van der Waals surface area contributed by atoms with Crippen LogP contribution in [0.4, 0.5) is 10.6 Å². The van der Waals surface area contributed by atoms with E-state index in [4.69, 9.17) is 33.9 Å². The molecule has 0 bridgehead atoms. The second kappa shape index (κ2) is 19.0. The number of benzene rings is 5. The van der Waals surface area contributed by atoms with Crippen LogP contribution in [0.2, 0.25) is 10.2 Å². The number of H-pyrrole nitrogens is 2. The van der Waals surface area contributed by atoms with Crippen molar-refractivity contribution in [3.8, 4) is 11.3 Å². The van der Waals surface area contributed by atoms with Gasteiger partial charge in [-0.3, -0.25) is 5.10 Å². The third-order valence-electron chi connectivity index (χ3n) is 8.66. The predicted molar refractivity (Wildman–Crippen MR) is 225 cm³/mol. The summed E-state index contributed by atoms with van der Waals surface area (Å²) in [6, 6.07) is 41.5. The molecule has 8 nitrogen and oxygen atoms in total. The Morgan fingerprint density at radius 2 is 1.48 bits per heavy atom. The molecule has 0 unspecified atom stereocenters. The molecule has 5 aromatic carbocycles. The first-order chi connectivity index (χ1) is 26.4. The second-order valence-corrected chi connectivity index (χ2v) is 14.4. The Morgan fingerprint density at radius 3 is 2.13 bits per heavy atom. The SMILES string of the molecule is C=CCc1ccc(Cl)cc1CNC(=O)N[C@@H](Cc1ccccc1)c1nc(-c2ccc3c(N)n[nH]c3c2)c(Cl)[nH]1.c1ccc(CSCc2ccccc2)cc1. The van der Waals surface area contributed by atoms with Gasteiger partial charge in [0, 0.05) is 34.0 Å². The van der Waals surface area contributed by atoms with Crippen molar-refractivity contribution in [2.75, 3.05) is 5.73 Å². The van der Waals surface area contributed by atoms with Crippen LogP contribution < -0.4 is 16.4 Å². The normalized spacial score (nSPS) is 11.4. The van der Waals surface area contributed by atoms with Crippen LogP contribution >= 0.6 is 35.0 Å². The highest BCUT2D eigenvalue weighted by Crippen LogP contribution is 2.31. The fraction of sp³-hybridized carbons (Fsp3) is 0.140. The van der Waals surface area contributed by atoms with Crippen molar-refractivity contribution >= 4 is 57.7 Å². The average Bonchev–Trinajstić information content (AvgIpc) is 3.77. The maximum Gasteiger partial charge on any atom is 0.315 e. The number of thioether (sulfide) groups is 1. The number of aromatic amines is 2. The van der Waals surface area contributed by atoms with Crippen molar-refractivity contribution in [3.05, 3.63) is 184 Å². The van der Waals surface area contributed by atoms with E-state index < -0.39 is 6.04 Å². The number of aromatic nitrogens is 4. The van der Waals surface area contributed by atoms with Crippen LogP contribution in [0.3, 0.4) is 0 Å². The van der Waals surface area contributed by atoms with Crippen molar-refractivity contribution in [1.29, 1.82) is 0 Å². The Labute approximate surface area is 329 Å². The number of hydrogen-bond acceptors (Lipinski definition) is 5. The van der Waals surface area contributed by atoms with Gasteiger partial charge in [0.25, 0.3) is 0 Å². The number of nitrogens with one attached hydrogen (secondary N) is 4. The summed E-state index contributed by atoms with van der Waals surface area (Å²) in [7, 11) is 0. The molecule has 0 aliphatic carbocycles. The lowest BCUT2D eigenvalue weighted by Gasteiger charge is -2.18. The number of imidazole rings is 1. The number of halogens is 2. The van der Waals surface area contributed by atoms with Gasteiger partial charge in [-0.1, -0.05) is 132 Å². The summed E-state index contributed by atoms with van der Waals surface area (Å²) in [6.07, 6.45) is 3.00. The molecule has 1 atom stereocenters. The Bertz CT molecular complexity index is 2240. The van der Waals surface area contributed by atoms with Crippen molar-refractivity contribution in [1.82, 2.24) is 30.8 Å². The maximum atomic E-state index is 13.1. The van der Waals surface area contributed by atoms with Gasteiger partial charge < -0.3 is 21.4 Å². The quantitative estimate of drug-likeness (QED) is 0.0746. The Kier molecular flexibility index (Phi) is 13.5. The fourth-order valence-electron chi connectivity index (χ4n) is 5.91. The van der Waals surface area contributed by atoms with E-state index in [9.17, 15) is 4.79 Å². The first-order valence-electron chi connectivity index (χ1n) is 17.5. The first-order valence-corrected chi connectivity index (χ1v) is 19.4. The van der Waals surface area contributed by atoms with Crippen molar-refractivity contribution in [2.24, 2.45) is 0 Å². The number of carbonyl (C=O) groups excluding carboxylic acids is 1. The third-order valence-corrected chi connectivity index (χ3v) is 10.2. The summed E-state index contributed by atoms with van der Waals surface area (Å²) in [4.78, 5) is 21.0. The van der Waals surface area contributed by atoms with Crippen molar-refractivity contribution in [2.45, 2.75) is 36.9 Å². The summed E-state index contributed by atoms with van der Waals surface area (Å²) in [5, 5.41) is 14.8. The van der Waals surface area contributed by atoms with Gasteiger partial charge in [0.1, 0.15) is 16.7 Å². The first kappa shape index (κ1) is 38.3. The monoisotopic (exact) mass is 773 g/mol. The minimum Gasteiger partial charge on any atom is -0.382 e. The molecule has 2 heterocycles. The van der Waals surface area contributed by atoms with Crippen LogP contribution in [0.15, 0.2) is 140 Å². The highest BCUT2D eigenvalue weighted by molar-refractivity contribution is 7.97. The Hall–Kier alpha value is -5.48. The molecule has 0 saturated carbocycles. The summed E-state index contributed by atoms with van der Waals surface area (Å²) >= 11 is 14.8. The summed E-state index contributed by atoms with van der Waals surface area (Å²) in [5.41, 5.74) is 13.9. The zero-order valence-corrected chi connectivity index (χ0v) is 31.9. The van der Waals surface area contributed by atoms with E-state index in [2.05, 4.69) is 93.1 Å². The van der Waals surface area contributed by atoms with Crippen molar-refractivity contribution < 1.29 is 4.79 Å². The summed E-state index contributed by atoms with van der Waals surface area (Å²) in [6.45, 7) is 4.12. The molecule has 0 spiro atoms. The Balaban J connectivity index is 0.000000276. The van der Waals surface area contributed by atoms with E-state index in [1.165, 1.54) is 11.1 Å². The van der Waals surface area contributed by atoms with Crippen LogP contribution in [-0.2, 0) is 30.9 Å². The molecule has 2 amide bonds. The zero-order chi connectivity index (χ0) is 37.7. The van der Waals surface area contributed by atoms with Gasteiger partial charge in [0.05, 0.1) is 11.6 Å². The lowest BCUT2D eigenvalue weighted by atomic mass is 10.0. The van der Waals surface area contributed by atoms with Crippen LogP contribution in [0.25, 0.3) is 22.2 Å². The van der Waals surface area contributed by atoms with E-state index in [1.807, 2.05) is 84.6 Å². The van der Waals surface area contributed by atoms with Crippen molar-refractivity contribution in [3.63, 3.8) is 0 Å². The smallest absolute Gasteiger partial charge is 0.315 e.